The Morgan fingerprint density at radius 1 is 1.47 bits per heavy atom. The van der Waals surface area contributed by atoms with Gasteiger partial charge in [-0.25, -0.2) is 4.98 Å². The molecule has 1 aliphatic heterocycles. The van der Waals surface area contributed by atoms with Crippen LogP contribution in [0.4, 0.5) is 0 Å². The molecule has 1 atom stereocenters. The van der Waals surface area contributed by atoms with E-state index in [-0.39, 0.29) is 6.10 Å². The van der Waals surface area contributed by atoms with Crippen molar-refractivity contribution < 1.29 is 4.74 Å². The van der Waals surface area contributed by atoms with Crippen molar-refractivity contribution in [3.8, 4) is 5.69 Å². The minimum absolute atomic E-state index is 0.0645. The molecule has 4 nitrogen and oxygen atoms in total. The maximum atomic E-state index is 5.82. The number of hydrogen-bond acceptors (Lipinski definition) is 3. The van der Waals surface area contributed by atoms with Crippen LogP contribution in [0.1, 0.15) is 17.4 Å². The zero-order valence-corrected chi connectivity index (χ0v) is 12.4. The number of aryl methyl sites for hydroxylation is 1. The smallest absolute Gasteiger partial charge is 0.112 e. The highest BCUT2D eigenvalue weighted by Gasteiger charge is 2.20. The molecule has 0 saturated carbocycles. The quantitative estimate of drug-likeness (QED) is 0.924. The van der Waals surface area contributed by atoms with Gasteiger partial charge in [0.25, 0.3) is 0 Å². The molecule has 1 aliphatic rings. The molecule has 0 spiro atoms. The van der Waals surface area contributed by atoms with Gasteiger partial charge in [-0.2, -0.15) is 0 Å². The van der Waals surface area contributed by atoms with Crippen LogP contribution >= 0.6 is 15.9 Å². The van der Waals surface area contributed by atoms with Crippen molar-refractivity contribution in [3.05, 3.63) is 46.5 Å². The molecule has 19 heavy (non-hydrogen) atoms. The lowest BCUT2D eigenvalue weighted by Gasteiger charge is -2.25. The van der Waals surface area contributed by atoms with Crippen molar-refractivity contribution in [1.29, 1.82) is 0 Å². The Labute approximate surface area is 120 Å². The molecule has 1 fully saturated rings. The Balaban J connectivity index is 2.01. The molecule has 0 aliphatic carbocycles. The molecule has 0 amide bonds. The van der Waals surface area contributed by atoms with E-state index in [1.807, 2.05) is 18.6 Å². The number of halogens is 1. The van der Waals surface area contributed by atoms with Gasteiger partial charge in [0.2, 0.25) is 0 Å². The zero-order chi connectivity index (χ0) is 13.2. The monoisotopic (exact) mass is 321 g/mol. The highest BCUT2D eigenvalue weighted by Crippen LogP contribution is 2.25. The van der Waals surface area contributed by atoms with Gasteiger partial charge in [0, 0.05) is 17.6 Å². The standard InChI is InChI=1S/C14H16BrN3O/c1-10-2-3-11(15)6-12(10)18-9-17-7-13(18)14-8-16-4-5-19-14/h2-3,6-7,9,14,16H,4-5,8H2,1H3. The third kappa shape index (κ3) is 2.59. The van der Waals surface area contributed by atoms with Crippen molar-refractivity contribution in [2.24, 2.45) is 0 Å². The van der Waals surface area contributed by atoms with E-state index in [2.05, 4.69) is 49.9 Å². The number of imidazole rings is 1. The molecule has 1 aromatic carbocycles. The number of aromatic nitrogens is 2. The highest BCUT2D eigenvalue weighted by molar-refractivity contribution is 9.10. The molecule has 2 heterocycles. The number of morpholine rings is 1. The first-order valence-corrected chi connectivity index (χ1v) is 7.16. The number of ether oxygens (including phenoxy) is 1. The van der Waals surface area contributed by atoms with Crippen molar-refractivity contribution in [1.82, 2.24) is 14.9 Å². The molecule has 100 valence electrons. The molecule has 1 saturated heterocycles. The summed E-state index contributed by atoms with van der Waals surface area (Å²) < 4.78 is 8.99. The Morgan fingerprint density at radius 3 is 3.16 bits per heavy atom. The van der Waals surface area contributed by atoms with Crippen LogP contribution in [-0.2, 0) is 4.74 Å². The van der Waals surface area contributed by atoms with E-state index in [1.54, 1.807) is 0 Å². The fraction of sp³-hybridized carbons (Fsp3) is 0.357. The van der Waals surface area contributed by atoms with Gasteiger partial charge in [0.15, 0.2) is 0 Å². The van der Waals surface area contributed by atoms with Crippen molar-refractivity contribution >= 4 is 15.9 Å². The Morgan fingerprint density at radius 2 is 2.37 bits per heavy atom. The van der Waals surface area contributed by atoms with E-state index >= 15 is 0 Å². The second-order valence-electron chi connectivity index (χ2n) is 4.68. The van der Waals surface area contributed by atoms with Crippen LogP contribution in [0.25, 0.3) is 5.69 Å². The summed E-state index contributed by atoms with van der Waals surface area (Å²) in [5.74, 6) is 0. The van der Waals surface area contributed by atoms with E-state index in [9.17, 15) is 0 Å². The number of nitrogens with zero attached hydrogens (tertiary/aromatic N) is 2. The number of hydrogen-bond donors (Lipinski definition) is 1. The highest BCUT2D eigenvalue weighted by atomic mass is 79.9. The molecule has 5 heteroatoms. The predicted octanol–water partition coefficient (Wildman–Crippen LogP) is 2.60. The van der Waals surface area contributed by atoms with Crippen LogP contribution in [0.15, 0.2) is 35.2 Å². The average molecular weight is 322 g/mol. The van der Waals surface area contributed by atoms with Gasteiger partial charge < -0.3 is 14.6 Å². The fourth-order valence-electron chi connectivity index (χ4n) is 2.34. The van der Waals surface area contributed by atoms with Crippen LogP contribution in [0.3, 0.4) is 0 Å². The maximum absolute atomic E-state index is 5.82. The molecule has 1 unspecified atom stereocenters. The largest absolute Gasteiger partial charge is 0.369 e. The van der Waals surface area contributed by atoms with E-state index in [0.29, 0.717) is 0 Å². The van der Waals surface area contributed by atoms with Crippen LogP contribution in [0.5, 0.6) is 0 Å². The van der Waals surface area contributed by atoms with Crippen LogP contribution < -0.4 is 5.32 Å². The van der Waals surface area contributed by atoms with E-state index in [0.717, 1.165) is 35.6 Å². The third-order valence-electron chi connectivity index (χ3n) is 3.36. The SMILES string of the molecule is Cc1ccc(Br)cc1-n1cncc1C1CNCCO1. The summed E-state index contributed by atoms with van der Waals surface area (Å²) in [7, 11) is 0. The third-order valence-corrected chi connectivity index (χ3v) is 3.85. The molecule has 0 bridgehead atoms. The summed E-state index contributed by atoms with van der Waals surface area (Å²) in [6.07, 6.45) is 3.80. The molecular weight excluding hydrogens is 306 g/mol. The molecule has 2 aromatic rings. The summed E-state index contributed by atoms with van der Waals surface area (Å²) in [5.41, 5.74) is 3.44. The summed E-state index contributed by atoms with van der Waals surface area (Å²) >= 11 is 3.53. The summed E-state index contributed by atoms with van der Waals surface area (Å²) in [6.45, 7) is 4.60. The lowest BCUT2D eigenvalue weighted by Crippen LogP contribution is -2.34. The van der Waals surface area contributed by atoms with E-state index in [1.165, 1.54) is 5.56 Å². The number of benzene rings is 1. The fourth-order valence-corrected chi connectivity index (χ4v) is 2.69. The average Bonchev–Trinajstić information content (AvgIpc) is 2.91. The van der Waals surface area contributed by atoms with Gasteiger partial charge in [-0.15, -0.1) is 0 Å². The molecule has 3 rings (SSSR count). The number of nitrogens with one attached hydrogen (secondary N) is 1. The second-order valence-corrected chi connectivity index (χ2v) is 5.60. The first-order valence-electron chi connectivity index (χ1n) is 6.37. The van der Waals surface area contributed by atoms with Gasteiger partial charge in [0.1, 0.15) is 6.10 Å². The van der Waals surface area contributed by atoms with Gasteiger partial charge in [-0.05, 0) is 24.6 Å². The Kier molecular flexibility index (Phi) is 3.68. The Bertz CT molecular complexity index is 576. The molecular formula is C14H16BrN3O. The molecule has 1 aromatic heterocycles. The molecule has 0 radical (unpaired) electrons. The van der Waals surface area contributed by atoms with Gasteiger partial charge in [0.05, 0.1) is 30.5 Å². The minimum Gasteiger partial charge on any atom is -0.369 e. The summed E-state index contributed by atoms with van der Waals surface area (Å²) in [4.78, 5) is 4.28. The zero-order valence-electron chi connectivity index (χ0n) is 10.8. The normalized spacial score (nSPS) is 19.6. The van der Waals surface area contributed by atoms with Crippen LogP contribution in [-0.4, -0.2) is 29.2 Å². The van der Waals surface area contributed by atoms with Gasteiger partial charge in [-0.3, -0.25) is 0 Å². The van der Waals surface area contributed by atoms with Crippen molar-refractivity contribution in [3.63, 3.8) is 0 Å². The van der Waals surface area contributed by atoms with Gasteiger partial charge in [-0.1, -0.05) is 22.0 Å². The van der Waals surface area contributed by atoms with E-state index in [4.69, 9.17) is 4.74 Å². The van der Waals surface area contributed by atoms with Crippen molar-refractivity contribution in [2.75, 3.05) is 19.7 Å². The minimum atomic E-state index is 0.0645. The summed E-state index contributed by atoms with van der Waals surface area (Å²) in [6, 6.07) is 6.26. The van der Waals surface area contributed by atoms with Crippen LogP contribution in [0.2, 0.25) is 0 Å². The summed E-state index contributed by atoms with van der Waals surface area (Å²) in [5, 5.41) is 3.35. The first-order chi connectivity index (χ1) is 9.25. The topological polar surface area (TPSA) is 39.1 Å². The van der Waals surface area contributed by atoms with Crippen LogP contribution in [0, 0.1) is 6.92 Å². The van der Waals surface area contributed by atoms with Crippen molar-refractivity contribution in [2.45, 2.75) is 13.0 Å². The molecule has 1 N–H and O–H groups in total. The first kappa shape index (κ1) is 12.8. The predicted molar refractivity (Wildman–Crippen MR) is 77.6 cm³/mol. The lowest BCUT2D eigenvalue weighted by molar-refractivity contribution is 0.0240. The second kappa shape index (κ2) is 5.45. The van der Waals surface area contributed by atoms with Gasteiger partial charge >= 0.3 is 0 Å². The maximum Gasteiger partial charge on any atom is 0.112 e. The van der Waals surface area contributed by atoms with E-state index < -0.39 is 0 Å². The lowest BCUT2D eigenvalue weighted by atomic mass is 10.1. The number of rotatable bonds is 2. The Hall–Kier alpha value is -1.17.